The van der Waals surface area contributed by atoms with E-state index in [0.717, 1.165) is 12.0 Å². The van der Waals surface area contributed by atoms with Crippen molar-refractivity contribution in [2.24, 2.45) is 17.8 Å². The number of rotatable bonds is 4. The first-order valence-electron chi connectivity index (χ1n) is 11.1. The molecule has 1 saturated carbocycles. The lowest BCUT2D eigenvalue weighted by Gasteiger charge is -2.45. The van der Waals surface area contributed by atoms with Gasteiger partial charge in [-0.25, -0.2) is 4.79 Å². The van der Waals surface area contributed by atoms with Gasteiger partial charge >= 0.3 is 11.9 Å². The van der Waals surface area contributed by atoms with Gasteiger partial charge in [0.1, 0.15) is 37.1 Å². The highest BCUT2D eigenvalue weighted by atomic mass is 16.7. The van der Waals surface area contributed by atoms with E-state index in [4.69, 9.17) is 18.9 Å². The zero-order chi connectivity index (χ0) is 23.4. The van der Waals surface area contributed by atoms with Crippen LogP contribution < -0.4 is 0 Å². The minimum absolute atomic E-state index is 0.00622. The van der Waals surface area contributed by atoms with E-state index in [1.807, 2.05) is 19.9 Å². The summed E-state index contributed by atoms with van der Waals surface area (Å²) in [5, 5.41) is 31.1. The van der Waals surface area contributed by atoms with Crippen molar-refractivity contribution in [3.63, 3.8) is 0 Å². The standard InChI is InChI=1S/C23H32O9/c1-10-7-16-14(11(2)21(28)30-16)8-15-13(10)5-6-23(15,4)32-22-20(27)19(26)18(25)17(31-22)9-29-12(3)24/h7,13-20,22,25-27H,2,5-6,8-9H2,1,3-4H3/t13-,14-,15-,16-,17-,18-,19+,20+,22+,23-/m1/s1. The van der Waals surface area contributed by atoms with Crippen molar-refractivity contribution in [3.8, 4) is 0 Å². The zero-order valence-electron chi connectivity index (χ0n) is 18.6. The summed E-state index contributed by atoms with van der Waals surface area (Å²) in [5.74, 6) is -0.848. The maximum atomic E-state index is 12.1. The molecule has 178 valence electrons. The van der Waals surface area contributed by atoms with E-state index in [1.54, 1.807) is 0 Å². The first-order valence-corrected chi connectivity index (χ1v) is 11.1. The molecule has 0 aromatic carbocycles. The Labute approximate surface area is 187 Å². The lowest BCUT2D eigenvalue weighted by atomic mass is 9.78. The summed E-state index contributed by atoms with van der Waals surface area (Å²) in [7, 11) is 0. The van der Waals surface area contributed by atoms with Crippen LogP contribution in [-0.4, -0.2) is 76.3 Å². The van der Waals surface area contributed by atoms with Gasteiger partial charge in [0.15, 0.2) is 6.29 Å². The first-order chi connectivity index (χ1) is 15.0. The summed E-state index contributed by atoms with van der Waals surface area (Å²) in [4.78, 5) is 23.2. The Kier molecular flexibility index (Phi) is 6.23. The van der Waals surface area contributed by atoms with E-state index >= 15 is 0 Å². The minimum atomic E-state index is -1.52. The van der Waals surface area contributed by atoms with Crippen LogP contribution >= 0.6 is 0 Å². The minimum Gasteiger partial charge on any atom is -0.463 e. The van der Waals surface area contributed by atoms with E-state index in [1.165, 1.54) is 6.92 Å². The molecule has 9 heteroatoms. The third-order valence-corrected chi connectivity index (χ3v) is 7.60. The monoisotopic (exact) mass is 452 g/mol. The van der Waals surface area contributed by atoms with Crippen molar-refractivity contribution in [2.75, 3.05) is 6.61 Å². The fourth-order valence-corrected chi connectivity index (χ4v) is 5.69. The van der Waals surface area contributed by atoms with Crippen LogP contribution in [0, 0.1) is 17.8 Å². The first kappa shape index (κ1) is 23.4. The molecule has 2 aliphatic heterocycles. The molecule has 10 atom stereocenters. The van der Waals surface area contributed by atoms with Crippen LogP contribution in [0.5, 0.6) is 0 Å². The molecule has 2 heterocycles. The summed E-state index contributed by atoms with van der Waals surface area (Å²) >= 11 is 0. The van der Waals surface area contributed by atoms with Gasteiger partial charge in [-0.3, -0.25) is 4.79 Å². The lowest BCUT2D eigenvalue weighted by Crippen LogP contribution is -2.61. The number of aliphatic hydroxyl groups is 3. The second kappa shape index (κ2) is 8.53. The van der Waals surface area contributed by atoms with E-state index in [9.17, 15) is 24.9 Å². The van der Waals surface area contributed by atoms with Gasteiger partial charge in [-0.05, 0) is 51.0 Å². The number of hydrogen-bond donors (Lipinski definition) is 3. The van der Waals surface area contributed by atoms with Gasteiger partial charge in [0.05, 0.1) is 5.60 Å². The van der Waals surface area contributed by atoms with Crippen LogP contribution in [0.3, 0.4) is 0 Å². The van der Waals surface area contributed by atoms with Crippen LogP contribution in [0.25, 0.3) is 0 Å². The molecular weight excluding hydrogens is 420 g/mol. The van der Waals surface area contributed by atoms with E-state index in [-0.39, 0.29) is 36.4 Å². The van der Waals surface area contributed by atoms with Crippen LogP contribution in [0.15, 0.2) is 23.8 Å². The van der Waals surface area contributed by atoms with Crippen molar-refractivity contribution in [1.82, 2.24) is 0 Å². The average molecular weight is 453 g/mol. The third kappa shape index (κ3) is 4.01. The lowest BCUT2D eigenvalue weighted by molar-refractivity contribution is -0.329. The predicted octanol–water partition coefficient (Wildman–Crippen LogP) is 0.606. The Morgan fingerprint density at radius 1 is 1.25 bits per heavy atom. The topological polar surface area (TPSA) is 132 Å². The largest absolute Gasteiger partial charge is 0.463 e. The highest BCUT2D eigenvalue weighted by molar-refractivity contribution is 5.91. The van der Waals surface area contributed by atoms with Crippen molar-refractivity contribution in [3.05, 3.63) is 23.8 Å². The third-order valence-electron chi connectivity index (χ3n) is 7.60. The van der Waals surface area contributed by atoms with E-state index < -0.39 is 42.3 Å². The summed E-state index contributed by atoms with van der Waals surface area (Å²) in [6.45, 7) is 8.86. The Balaban J connectivity index is 1.54. The molecule has 0 amide bonds. The summed E-state index contributed by atoms with van der Waals surface area (Å²) in [5.41, 5.74) is 0.869. The van der Waals surface area contributed by atoms with Gasteiger partial charge in [0.2, 0.25) is 0 Å². The fourth-order valence-electron chi connectivity index (χ4n) is 5.69. The number of carbonyl (C=O) groups is 2. The molecule has 2 aliphatic carbocycles. The Hall–Kier alpha value is -1.78. The maximum absolute atomic E-state index is 12.1. The molecule has 0 radical (unpaired) electrons. The van der Waals surface area contributed by atoms with Crippen molar-refractivity contribution < 1.29 is 43.9 Å². The number of hydrogen-bond acceptors (Lipinski definition) is 9. The van der Waals surface area contributed by atoms with E-state index in [2.05, 4.69) is 6.58 Å². The van der Waals surface area contributed by atoms with Crippen LogP contribution in [-0.2, 0) is 28.5 Å². The number of carbonyl (C=O) groups excluding carboxylic acids is 2. The molecule has 4 rings (SSSR count). The molecule has 3 N–H and O–H groups in total. The van der Waals surface area contributed by atoms with Crippen LogP contribution in [0.2, 0.25) is 0 Å². The summed E-state index contributed by atoms with van der Waals surface area (Å²) in [6, 6.07) is 0. The van der Waals surface area contributed by atoms with Gasteiger partial charge in [-0.2, -0.15) is 0 Å². The number of fused-ring (bicyclic) bond motifs is 2. The Morgan fingerprint density at radius 2 is 1.97 bits per heavy atom. The molecule has 0 aromatic heterocycles. The molecular formula is C23H32O9. The van der Waals surface area contributed by atoms with Crippen LogP contribution in [0.4, 0.5) is 0 Å². The predicted molar refractivity (Wildman–Crippen MR) is 110 cm³/mol. The number of ether oxygens (including phenoxy) is 4. The molecule has 32 heavy (non-hydrogen) atoms. The fraction of sp³-hybridized carbons (Fsp3) is 0.739. The Morgan fingerprint density at radius 3 is 2.66 bits per heavy atom. The molecule has 9 nitrogen and oxygen atoms in total. The number of aliphatic hydroxyl groups excluding tert-OH is 3. The highest BCUT2D eigenvalue weighted by Crippen LogP contribution is 2.53. The quantitative estimate of drug-likeness (QED) is 0.319. The molecule has 0 spiro atoms. The van der Waals surface area contributed by atoms with Gasteiger partial charge < -0.3 is 34.3 Å². The van der Waals surface area contributed by atoms with E-state index in [0.29, 0.717) is 18.4 Å². The smallest absolute Gasteiger partial charge is 0.334 e. The summed E-state index contributed by atoms with van der Waals surface area (Å²) < 4.78 is 22.5. The number of esters is 2. The maximum Gasteiger partial charge on any atom is 0.334 e. The molecule has 0 unspecified atom stereocenters. The SMILES string of the molecule is C=C1C(=O)O[C@@H]2C=C(C)[C@H]3CC[C@@](C)(O[C@@H]4O[C@H](COC(C)=O)[C@@H](O)[C@H](O)[C@@H]4O)[C@@H]3C[C@H]12. The second-order valence-electron chi connectivity index (χ2n) is 9.65. The molecule has 0 aromatic rings. The molecule has 3 fully saturated rings. The van der Waals surface area contributed by atoms with Gasteiger partial charge in [0, 0.05) is 18.4 Å². The average Bonchev–Trinajstić information content (AvgIpc) is 3.13. The van der Waals surface area contributed by atoms with Crippen LogP contribution in [0.1, 0.15) is 40.0 Å². The number of allylic oxidation sites excluding steroid dienone is 1. The highest BCUT2D eigenvalue weighted by Gasteiger charge is 2.55. The second-order valence-corrected chi connectivity index (χ2v) is 9.65. The summed E-state index contributed by atoms with van der Waals surface area (Å²) in [6.07, 6.45) is -2.82. The van der Waals surface area contributed by atoms with Crippen molar-refractivity contribution >= 4 is 11.9 Å². The van der Waals surface area contributed by atoms with Gasteiger partial charge in [0.25, 0.3) is 0 Å². The van der Waals surface area contributed by atoms with Gasteiger partial charge in [-0.15, -0.1) is 0 Å². The molecule has 0 bridgehead atoms. The normalized spacial score (nSPS) is 46.1. The molecule has 4 aliphatic rings. The molecule has 2 saturated heterocycles. The van der Waals surface area contributed by atoms with Crippen molar-refractivity contribution in [1.29, 1.82) is 0 Å². The van der Waals surface area contributed by atoms with Crippen molar-refractivity contribution in [2.45, 2.75) is 82.4 Å². The zero-order valence-corrected chi connectivity index (χ0v) is 18.6. The van der Waals surface area contributed by atoms with Gasteiger partial charge in [-0.1, -0.05) is 12.2 Å². The Bertz CT molecular complexity index is 822.